The van der Waals surface area contributed by atoms with E-state index in [-0.39, 0.29) is 5.56 Å². The van der Waals surface area contributed by atoms with E-state index < -0.39 is 0 Å². The summed E-state index contributed by atoms with van der Waals surface area (Å²) in [6.45, 7) is 5.97. The molecular weight excluding hydrogens is 412 g/mol. The number of thioether (sulfide) groups is 1. The van der Waals surface area contributed by atoms with E-state index in [2.05, 4.69) is 20.3 Å². The Bertz CT molecular complexity index is 1480. The van der Waals surface area contributed by atoms with Crippen molar-refractivity contribution in [2.75, 3.05) is 0 Å². The molecule has 0 amide bonds. The molecule has 5 aromatic rings. The number of benzene rings is 2. The fourth-order valence-electron chi connectivity index (χ4n) is 3.57. The minimum atomic E-state index is -0.120. The third-order valence-corrected chi connectivity index (χ3v) is 6.07. The number of aromatic nitrogens is 6. The molecule has 3 heterocycles. The summed E-state index contributed by atoms with van der Waals surface area (Å²) >= 11 is 1.44. The Kier molecular flexibility index (Phi) is 4.82. The molecule has 156 valence electrons. The first-order valence-corrected chi connectivity index (χ1v) is 11.0. The molecular formula is C22H20N6O2S. The Labute approximate surface area is 181 Å². The van der Waals surface area contributed by atoms with Crippen LogP contribution in [0.2, 0.25) is 0 Å². The first kappa shape index (κ1) is 19.5. The van der Waals surface area contributed by atoms with E-state index in [1.807, 2.05) is 67.6 Å². The quantitative estimate of drug-likeness (QED) is 0.389. The van der Waals surface area contributed by atoms with Gasteiger partial charge < -0.3 is 4.52 Å². The Morgan fingerprint density at radius 3 is 2.74 bits per heavy atom. The number of fused-ring (bicyclic) bond motifs is 3. The lowest BCUT2D eigenvalue weighted by atomic mass is 10.1. The molecule has 31 heavy (non-hydrogen) atoms. The monoisotopic (exact) mass is 432 g/mol. The van der Waals surface area contributed by atoms with Crippen LogP contribution in [0.3, 0.4) is 0 Å². The van der Waals surface area contributed by atoms with Gasteiger partial charge in [0.05, 0.1) is 22.3 Å². The average Bonchev–Trinajstić information content (AvgIpc) is 3.42. The van der Waals surface area contributed by atoms with E-state index in [0.717, 1.165) is 28.8 Å². The Balaban J connectivity index is 1.72. The molecule has 0 aliphatic rings. The van der Waals surface area contributed by atoms with Crippen molar-refractivity contribution in [1.82, 2.24) is 29.3 Å². The summed E-state index contributed by atoms with van der Waals surface area (Å²) in [7, 11) is 0. The summed E-state index contributed by atoms with van der Waals surface area (Å²) in [4.78, 5) is 17.8. The smallest absolute Gasteiger partial charge is 0.267 e. The molecule has 0 atom stereocenters. The van der Waals surface area contributed by atoms with Gasteiger partial charge in [-0.3, -0.25) is 9.20 Å². The van der Waals surface area contributed by atoms with Gasteiger partial charge in [0, 0.05) is 6.42 Å². The van der Waals surface area contributed by atoms with Crippen molar-refractivity contribution in [1.29, 1.82) is 0 Å². The number of nitrogens with zero attached hydrogens (tertiary/aromatic N) is 6. The summed E-state index contributed by atoms with van der Waals surface area (Å²) < 4.78 is 8.86. The van der Waals surface area contributed by atoms with E-state index in [0.29, 0.717) is 33.8 Å². The zero-order chi connectivity index (χ0) is 21.5. The summed E-state index contributed by atoms with van der Waals surface area (Å²) in [6, 6.07) is 13.6. The highest BCUT2D eigenvalue weighted by Crippen LogP contribution is 2.26. The van der Waals surface area contributed by atoms with Crippen molar-refractivity contribution in [3.05, 3.63) is 75.7 Å². The van der Waals surface area contributed by atoms with Crippen LogP contribution < -0.4 is 5.56 Å². The lowest BCUT2D eigenvalue weighted by molar-refractivity contribution is 0.385. The second kappa shape index (κ2) is 7.66. The maximum Gasteiger partial charge on any atom is 0.267 e. The van der Waals surface area contributed by atoms with E-state index in [4.69, 9.17) is 4.52 Å². The molecule has 0 unspecified atom stereocenters. The predicted octanol–water partition coefficient (Wildman–Crippen LogP) is 3.89. The van der Waals surface area contributed by atoms with Crippen LogP contribution in [0.5, 0.6) is 0 Å². The van der Waals surface area contributed by atoms with Gasteiger partial charge in [0.1, 0.15) is 0 Å². The highest BCUT2D eigenvalue weighted by atomic mass is 32.2. The molecule has 2 aromatic carbocycles. The fourth-order valence-corrected chi connectivity index (χ4v) is 4.35. The number of rotatable bonds is 5. The second-order valence-corrected chi connectivity index (χ2v) is 8.25. The highest BCUT2D eigenvalue weighted by molar-refractivity contribution is 7.98. The van der Waals surface area contributed by atoms with Crippen molar-refractivity contribution in [3.63, 3.8) is 0 Å². The molecule has 5 rings (SSSR count). The summed E-state index contributed by atoms with van der Waals surface area (Å²) in [5.41, 5.74) is 3.49. The lowest BCUT2D eigenvalue weighted by Crippen LogP contribution is -2.22. The SMILES string of the molecule is CCc1noc(CSc2nnc3n(-c4cc(C)ccc4C)c(=O)c4ccccc4n23)n1. The second-order valence-electron chi connectivity index (χ2n) is 7.31. The molecule has 0 bridgehead atoms. The van der Waals surface area contributed by atoms with Crippen LogP contribution in [0.25, 0.3) is 22.4 Å². The molecule has 0 saturated carbocycles. The molecule has 0 aliphatic carbocycles. The number of hydrogen-bond acceptors (Lipinski definition) is 7. The van der Waals surface area contributed by atoms with E-state index >= 15 is 0 Å². The zero-order valence-electron chi connectivity index (χ0n) is 17.4. The van der Waals surface area contributed by atoms with Crippen molar-refractivity contribution in [2.45, 2.75) is 38.1 Å². The fraction of sp³-hybridized carbons (Fsp3) is 0.227. The van der Waals surface area contributed by atoms with Crippen LogP contribution in [0.4, 0.5) is 0 Å². The average molecular weight is 433 g/mol. The summed E-state index contributed by atoms with van der Waals surface area (Å²) in [5, 5.41) is 14.0. The minimum absolute atomic E-state index is 0.120. The molecule has 0 aliphatic heterocycles. The molecule has 3 aromatic heterocycles. The predicted molar refractivity (Wildman–Crippen MR) is 119 cm³/mol. The van der Waals surface area contributed by atoms with E-state index in [1.165, 1.54) is 11.8 Å². The van der Waals surface area contributed by atoms with Crippen LogP contribution >= 0.6 is 11.8 Å². The topological polar surface area (TPSA) is 91.1 Å². The minimum Gasteiger partial charge on any atom is -0.338 e. The number of hydrogen-bond donors (Lipinski definition) is 0. The van der Waals surface area contributed by atoms with Gasteiger partial charge in [-0.15, -0.1) is 10.2 Å². The van der Waals surface area contributed by atoms with Gasteiger partial charge >= 0.3 is 0 Å². The van der Waals surface area contributed by atoms with Crippen LogP contribution in [-0.2, 0) is 12.2 Å². The summed E-state index contributed by atoms with van der Waals surface area (Å²) in [6.07, 6.45) is 0.717. The van der Waals surface area contributed by atoms with Crippen molar-refractivity contribution in [3.8, 4) is 5.69 Å². The lowest BCUT2D eigenvalue weighted by Gasteiger charge is -2.13. The molecule has 0 radical (unpaired) electrons. The molecule has 0 spiro atoms. The highest BCUT2D eigenvalue weighted by Gasteiger charge is 2.19. The third kappa shape index (κ3) is 3.31. The van der Waals surface area contributed by atoms with Gasteiger partial charge in [-0.1, -0.05) is 48.1 Å². The Morgan fingerprint density at radius 2 is 1.94 bits per heavy atom. The molecule has 0 fully saturated rings. The largest absolute Gasteiger partial charge is 0.338 e. The Hall–Kier alpha value is -3.46. The number of para-hydroxylation sites is 1. The Morgan fingerprint density at radius 1 is 1.10 bits per heavy atom. The van der Waals surface area contributed by atoms with Gasteiger partial charge in [-0.2, -0.15) is 4.98 Å². The van der Waals surface area contributed by atoms with Crippen LogP contribution in [0.15, 0.2) is 56.9 Å². The van der Waals surface area contributed by atoms with Crippen LogP contribution in [-0.4, -0.2) is 29.3 Å². The molecule has 0 N–H and O–H groups in total. The molecule has 0 saturated heterocycles. The van der Waals surface area contributed by atoms with Gasteiger partial charge in [0.2, 0.25) is 11.7 Å². The molecule has 8 nitrogen and oxygen atoms in total. The van der Waals surface area contributed by atoms with Gasteiger partial charge in [0.25, 0.3) is 5.56 Å². The summed E-state index contributed by atoms with van der Waals surface area (Å²) in [5.74, 6) is 2.14. The van der Waals surface area contributed by atoms with Crippen LogP contribution in [0.1, 0.15) is 29.8 Å². The maximum absolute atomic E-state index is 13.5. The van der Waals surface area contributed by atoms with E-state index in [1.54, 1.807) is 4.57 Å². The third-order valence-electron chi connectivity index (χ3n) is 5.15. The first-order valence-electron chi connectivity index (χ1n) is 9.97. The van der Waals surface area contributed by atoms with Gasteiger partial charge in [0.15, 0.2) is 11.0 Å². The zero-order valence-corrected chi connectivity index (χ0v) is 18.2. The van der Waals surface area contributed by atoms with Gasteiger partial charge in [-0.25, -0.2) is 4.57 Å². The maximum atomic E-state index is 13.5. The number of aryl methyl sites for hydroxylation is 3. The van der Waals surface area contributed by atoms with E-state index in [9.17, 15) is 4.79 Å². The van der Waals surface area contributed by atoms with Crippen LogP contribution in [0, 0.1) is 13.8 Å². The van der Waals surface area contributed by atoms with Crippen molar-refractivity contribution in [2.24, 2.45) is 0 Å². The molecule has 9 heteroatoms. The normalized spacial score (nSPS) is 11.6. The van der Waals surface area contributed by atoms with Gasteiger partial charge in [-0.05, 0) is 43.2 Å². The standard InChI is InChI=1S/C22H20N6O2S/c1-4-18-23-19(30-26-18)12-31-22-25-24-21-27(17-11-13(2)9-10-14(17)3)20(29)15-7-5-6-8-16(15)28(21)22/h5-11H,4,12H2,1-3H3. The first-order chi connectivity index (χ1) is 15.1. The van der Waals surface area contributed by atoms with Crippen molar-refractivity contribution >= 4 is 28.4 Å². The van der Waals surface area contributed by atoms with Crippen molar-refractivity contribution < 1.29 is 4.52 Å².